The number of carbonyl (C=O) groups is 3. The summed E-state index contributed by atoms with van der Waals surface area (Å²) in [5.74, 6) is -1.36. The van der Waals surface area contributed by atoms with Crippen molar-refractivity contribution in [2.75, 3.05) is 20.2 Å². The molecule has 218 valence electrons. The number of amides is 3. The minimum absolute atomic E-state index is 0.0692. The molecule has 2 saturated heterocycles. The maximum atomic E-state index is 14.1. The van der Waals surface area contributed by atoms with Crippen molar-refractivity contribution in [3.05, 3.63) is 24.3 Å². The first kappa shape index (κ1) is 29.8. The molecule has 3 amide bonds. The molecule has 11 nitrogen and oxygen atoms in total. The smallest absolute Gasteiger partial charge is 0.244 e. The second-order valence-corrected chi connectivity index (χ2v) is 14.3. The molecule has 3 aliphatic rings. The van der Waals surface area contributed by atoms with Gasteiger partial charge in [0.1, 0.15) is 28.8 Å². The Hall–Kier alpha value is -3.17. The van der Waals surface area contributed by atoms with E-state index in [1.807, 2.05) is 13.8 Å². The number of sulfonamides is 1. The van der Waals surface area contributed by atoms with Gasteiger partial charge in [0.15, 0.2) is 0 Å². The van der Waals surface area contributed by atoms with E-state index in [9.17, 15) is 28.1 Å². The predicted octanol–water partition coefficient (Wildman–Crippen LogP) is 1.41. The second-order valence-electron chi connectivity index (χ2n) is 12.7. The third kappa shape index (κ3) is 5.54. The lowest BCUT2D eigenvalue weighted by Gasteiger charge is -2.37. The summed E-state index contributed by atoms with van der Waals surface area (Å²) in [5, 5.41) is 15.2. The van der Waals surface area contributed by atoms with Crippen molar-refractivity contribution >= 4 is 27.7 Å². The van der Waals surface area contributed by atoms with E-state index >= 15 is 0 Å². The number of ether oxygens (including phenoxy) is 1. The van der Waals surface area contributed by atoms with Gasteiger partial charge in [-0.25, -0.2) is 8.42 Å². The molecule has 0 radical (unpaired) electrons. The highest BCUT2D eigenvalue weighted by Gasteiger charge is 2.69. The zero-order valence-corrected chi connectivity index (χ0v) is 24.7. The van der Waals surface area contributed by atoms with Gasteiger partial charge in [0.2, 0.25) is 27.7 Å². The molecule has 1 aliphatic carbocycles. The fourth-order valence-corrected chi connectivity index (χ4v) is 7.76. The van der Waals surface area contributed by atoms with Gasteiger partial charge in [-0.05, 0) is 47.6 Å². The van der Waals surface area contributed by atoms with Crippen molar-refractivity contribution in [3.8, 4) is 11.8 Å². The molecule has 40 heavy (non-hydrogen) atoms. The van der Waals surface area contributed by atoms with Crippen molar-refractivity contribution in [2.45, 2.75) is 70.5 Å². The lowest BCUT2D eigenvalue weighted by atomic mass is 9.86. The van der Waals surface area contributed by atoms with Crippen LogP contribution in [0.1, 0.15) is 47.5 Å². The minimum atomic E-state index is -4.17. The molecule has 0 bridgehead atoms. The van der Waals surface area contributed by atoms with Gasteiger partial charge in [-0.15, -0.1) is 0 Å². The number of rotatable bonds is 9. The number of hydrogen-bond acceptors (Lipinski definition) is 7. The van der Waals surface area contributed by atoms with E-state index in [-0.39, 0.29) is 46.1 Å². The molecular weight excluding hydrogens is 534 g/mol. The summed E-state index contributed by atoms with van der Waals surface area (Å²) in [6.07, 6.45) is 0.786. The van der Waals surface area contributed by atoms with Crippen LogP contribution in [-0.4, -0.2) is 69.4 Å². The van der Waals surface area contributed by atoms with Gasteiger partial charge in [-0.1, -0.05) is 46.8 Å². The monoisotopic (exact) mass is 573 g/mol. The zero-order valence-electron chi connectivity index (χ0n) is 23.9. The fraction of sp³-hybridized carbons (Fsp3) is 0.643. The Bertz CT molecular complexity index is 1330. The second kappa shape index (κ2) is 10.7. The van der Waals surface area contributed by atoms with Crippen molar-refractivity contribution in [2.24, 2.45) is 28.6 Å². The van der Waals surface area contributed by atoms with Crippen LogP contribution < -0.4 is 20.1 Å². The first-order chi connectivity index (χ1) is 18.6. The molecule has 12 heteroatoms. The maximum Gasteiger partial charge on any atom is 0.244 e. The molecule has 0 unspecified atom stereocenters. The summed E-state index contributed by atoms with van der Waals surface area (Å²) >= 11 is 0. The van der Waals surface area contributed by atoms with Gasteiger partial charge in [0.05, 0.1) is 13.2 Å². The number of hydrogen-bond donors (Lipinski definition) is 3. The van der Waals surface area contributed by atoms with Crippen LogP contribution in [0, 0.1) is 39.9 Å². The van der Waals surface area contributed by atoms with Crippen LogP contribution in [0.4, 0.5) is 0 Å². The fourth-order valence-electron chi connectivity index (χ4n) is 6.19. The standard InChI is InChI=1S/C28H39N5O6S/c1-27(2,3)23(32-40(37,38)20-10-8-7-9-19(20)39-6)26(36)33-15-18-21(28(18,4)5)22(33)25(35)31-17(14-29)13-16-11-12-30-24(16)34/h7-10,16-18,21-23,32H,11-13,15H2,1-6H3,(H,30,34)(H,31,35)/t16-,17-,18-,21-,22-,23+/m0/s1. The van der Waals surface area contributed by atoms with Gasteiger partial charge in [-0.2, -0.15) is 9.98 Å². The van der Waals surface area contributed by atoms with E-state index in [4.69, 9.17) is 4.74 Å². The van der Waals surface area contributed by atoms with Crippen molar-refractivity contribution in [1.82, 2.24) is 20.3 Å². The number of nitrogens with one attached hydrogen (secondary N) is 3. The molecule has 0 spiro atoms. The lowest BCUT2D eigenvalue weighted by Crippen LogP contribution is -2.59. The lowest BCUT2D eigenvalue weighted by molar-refractivity contribution is -0.143. The van der Waals surface area contributed by atoms with Crippen LogP contribution in [0.5, 0.6) is 5.75 Å². The summed E-state index contributed by atoms with van der Waals surface area (Å²) < 4.78 is 34.7. The van der Waals surface area contributed by atoms with E-state index in [0.717, 1.165) is 0 Å². The highest BCUT2D eigenvalue weighted by atomic mass is 32.2. The Morgan fingerprint density at radius 1 is 1.27 bits per heavy atom. The van der Waals surface area contributed by atoms with Crippen LogP contribution in [-0.2, 0) is 24.4 Å². The maximum absolute atomic E-state index is 14.1. The normalized spacial score (nSPS) is 26.7. The number of likely N-dealkylation sites (tertiary alicyclic amines) is 1. The van der Waals surface area contributed by atoms with Crippen LogP contribution in [0.15, 0.2) is 29.2 Å². The molecule has 2 aliphatic heterocycles. The number of nitriles is 1. The number of carbonyl (C=O) groups excluding carboxylic acids is 3. The quantitative estimate of drug-likeness (QED) is 0.403. The van der Waals surface area contributed by atoms with E-state index in [2.05, 4.69) is 21.4 Å². The third-order valence-electron chi connectivity index (χ3n) is 8.66. The van der Waals surface area contributed by atoms with E-state index in [0.29, 0.717) is 19.5 Å². The number of piperidine rings is 1. The van der Waals surface area contributed by atoms with Gasteiger partial charge in [0.25, 0.3) is 0 Å². The molecule has 1 aromatic carbocycles. The summed E-state index contributed by atoms with van der Waals surface area (Å²) in [6, 6.07) is 5.32. The average Bonchev–Trinajstić information content (AvgIpc) is 3.23. The Morgan fingerprint density at radius 2 is 1.95 bits per heavy atom. The highest BCUT2D eigenvalue weighted by Crippen LogP contribution is 2.65. The number of fused-ring (bicyclic) bond motifs is 1. The molecule has 4 rings (SSSR count). The third-order valence-corrected chi connectivity index (χ3v) is 10.1. The van der Waals surface area contributed by atoms with E-state index < -0.39 is 45.4 Å². The highest BCUT2D eigenvalue weighted by molar-refractivity contribution is 7.89. The molecule has 3 N–H and O–H groups in total. The summed E-state index contributed by atoms with van der Waals surface area (Å²) in [4.78, 5) is 41.2. The molecule has 3 fully saturated rings. The number of para-hydroxylation sites is 1. The summed E-state index contributed by atoms with van der Waals surface area (Å²) in [5.41, 5.74) is -1.01. The Morgan fingerprint density at radius 3 is 2.52 bits per heavy atom. The van der Waals surface area contributed by atoms with Crippen LogP contribution in [0.25, 0.3) is 0 Å². The van der Waals surface area contributed by atoms with Crippen molar-refractivity contribution in [3.63, 3.8) is 0 Å². The molecule has 2 heterocycles. The largest absolute Gasteiger partial charge is 0.495 e. The van der Waals surface area contributed by atoms with Crippen molar-refractivity contribution < 1.29 is 27.5 Å². The van der Waals surface area contributed by atoms with E-state index in [1.165, 1.54) is 24.1 Å². The van der Waals surface area contributed by atoms with Crippen LogP contribution in [0.2, 0.25) is 0 Å². The SMILES string of the molecule is COc1ccccc1S(=O)(=O)N[C@H](C(=O)N1C[C@H]2[C@@H]([C@H]1C(=O)N[C@H](C#N)C[C@@H]1CCNC1=O)C2(C)C)C(C)(C)C. The van der Waals surface area contributed by atoms with Gasteiger partial charge in [0, 0.05) is 19.0 Å². The Balaban J connectivity index is 1.58. The summed E-state index contributed by atoms with van der Waals surface area (Å²) in [7, 11) is -2.80. The minimum Gasteiger partial charge on any atom is -0.495 e. The predicted molar refractivity (Wildman–Crippen MR) is 146 cm³/mol. The molecule has 1 saturated carbocycles. The van der Waals surface area contributed by atoms with Gasteiger partial charge >= 0.3 is 0 Å². The van der Waals surface area contributed by atoms with Crippen LogP contribution in [0.3, 0.4) is 0 Å². The molecule has 1 aromatic rings. The number of methoxy groups -OCH3 is 1. The molecule has 0 aromatic heterocycles. The number of benzene rings is 1. The first-order valence-corrected chi connectivity index (χ1v) is 15.0. The Kier molecular flexibility index (Phi) is 7.95. The Labute approximate surface area is 236 Å². The first-order valence-electron chi connectivity index (χ1n) is 13.6. The summed E-state index contributed by atoms with van der Waals surface area (Å²) in [6.45, 7) is 10.2. The van der Waals surface area contributed by atoms with Gasteiger partial charge in [-0.3, -0.25) is 14.4 Å². The number of nitrogens with zero attached hydrogens (tertiary/aromatic N) is 2. The molecule has 6 atom stereocenters. The van der Waals surface area contributed by atoms with E-state index in [1.54, 1.807) is 32.9 Å². The van der Waals surface area contributed by atoms with Crippen LogP contribution >= 0.6 is 0 Å². The molecular formula is C28H39N5O6S. The van der Waals surface area contributed by atoms with Crippen molar-refractivity contribution in [1.29, 1.82) is 5.26 Å². The topological polar surface area (TPSA) is 158 Å². The van der Waals surface area contributed by atoms with Gasteiger partial charge < -0.3 is 20.3 Å². The average molecular weight is 574 g/mol. The zero-order chi connectivity index (χ0) is 29.6.